The Kier molecular flexibility index (Phi) is 9.47. The zero-order valence-electron chi connectivity index (χ0n) is 25.6. The van der Waals surface area contributed by atoms with E-state index in [1.807, 2.05) is 45.0 Å². The van der Waals surface area contributed by atoms with E-state index >= 15 is 0 Å². The zero-order chi connectivity index (χ0) is 31.6. The van der Waals surface area contributed by atoms with Gasteiger partial charge in [-0.25, -0.2) is 9.18 Å². The minimum atomic E-state index is -1.20. The number of carbonyl (C=O) groups is 2. The monoisotopic (exact) mass is 640 g/mol. The summed E-state index contributed by atoms with van der Waals surface area (Å²) < 4.78 is 27.2. The SMILES string of the molecule is CCCC(CCC)(Oc1ccc(Cl)cc1C1CC(=O)NC(c2cc(F)ccc2C)C12CNc1cc(Cl)ccc12)C(=O)OCC. The Morgan fingerprint density at radius 2 is 1.70 bits per heavy atom. The second-order valence-electron chi connectivity index (χ2n) is 11.8. The van der Waals surface area contributed by atoms with E-state index in [-0.39, 0.29) is 24.8 Å². The van der Waals surface area contributed by atoms with E-state index in [9.17, 15) is 14.0 Å². The average molecular weight is 642 g/mol. The molecule has 44 heavy (non-hydrogen) atoms. The number of carbonyl (C=O) groups excluding carboxylic acids is 2. The molecule has 2 N–H and O–H groups in total. The number of benzene rings is 3. The molecule has 2 heterocycles. The number of halogens is 3. The smallest absolute Gasteiger partial charge is 0.350 e. The highest BCUT2D eigenvalue weighted by molar-refractivity contribution is 6.31. The summed E-state index contributed by atoms with van der Waals surface area (Å²) in [5.41, 5.74) is 2.06. The number of amides is 1. The van der Waals surface area contributed by atoms with Crippen LogP contribution in [0.2, 0.25) is 10.0 Å². The highest BCUT2D eigenvalue weighted by Crippen LogP contribution is 2.58. The molecule has 2 aliphatic heterocycles. The number of piperidine rings is 1. The fourth-order valence-electron chi connectivity index (χ4n) is 7.19. The summed E-state index contributed by atoms with van der Waals surface area (Å²) in [6.45, 7) is 8.39. The van der Waals surface area contributed by atoms with Crippen LogP contribution in [-0.4, -0.2) is 30.6 Å². The molecule has 1 fully saturated rings. The number of nitrogens with one attached hydrogen (secondary N) is 2. The molecule has 6 nitrogen and oxygen atoms in total. The van der Waals surface area contributed by atoms with Crippen molar-refractivity contribution >= 4 is 40.8 Å². The summed E-state index contributed by atoms with van der Waals surface area (Å²) in [5, 5.41) is 7.80. The van der Waals surface area contributed by atoms with Gasteiger partial charge in [-0.1, -0.05) is 62.0 Å². The minimum Gasteiger partial charge on any atom is -0.475 e. The van der Waals surface area contributed by atoms with E-state index in [0.29, 0.717) is 59.1 Å². The zero-order valence-corrected chi connectivity index (χ0v) is 27.1. The van der Waals surface area contributed by atoms with E-state index in [1.54, 1.807) is 25.1 Å². The second kappa shape index (κ2) is 13.0. The van der Waals surface area contributed by atoms with Crippen molar-refractivity contribution in [3.63, 3.8) is 0 Å². The first-order valence-corrected chi connectivity index (χ1v) is 16.1. The van der Waals surface area contributed by atoms with Crippen LogP contribution in [0.15, 0.2) is 54.6 Å². The molecule has 9 heteroatoms. The topological polar surface area (TPSA) is 76.7 Å². The van der Waals surface area contributed by atoms with Crippen molar-refractivity contribution in [2.75, 3.05) is 18.5 Å². The largest absolute Gasteiger partial charge is 0.475 e. The number of anilines is 1. The van der Waals surface area contributed by atoms with Gasteiger partial charge in [-0.2, -0.15) is 0 Å². The predicted molar refractivity (Wildman–Crippen MR) is 172 cm³/mol. The third-order valence-electron chi connectivity index (χ3n) is 9.05. The molecule has 0 bridgehead atoms. The Balaban J connectivity index is 1.75. The Labute approximate surface area is 268 Å². The molecule has 1 spiro atoms. The first-order chi connectivity index (χ1) is 21.1. The number of ether oxygens (including phenoxy) is 2. The summed E-state index contributed by atoms with van der Waals surface area (Å²) in [5.74, 6) is -0.960. The lowest BCUT2D eigenvalue weighted by atomic mass is 9.59. The lowest BCUT2D eigenvalue weighted by molar-refractivity contribution is -0.163. The van der Waals surface area contributed by atoms with Gasteiger partial charge in [0.2, 0.25) is 11.5 Å². The van der Waals surface area contributed by atoms with Crippen LogP contribution in [0.1, 0.15) is 87.1 Å². The van der Waals surface area contributed by atoms with Crippen molar-refractivity contribution < 1.29 is 23.5 Å². The molecule has 2 aliphatic rings. The number of hydrogen-bond donors (Lipinski definition) is 2. The molecular weight excluding hydrogens is 602 g/mol. The molecule has 1 saturated heterocycles. The number of hydrogen-bond acceptors (Lipinski definition) is 5. The normalized spacial score (nSPS) is 21.0. The van der Waals surface area contributed by atoms with Crippen LogP contribution in [0.4, 0.5) is 10.1 Å². The van der Waals surface area contributed by atoms with Gasteiger partial charge in [0, 0.05) is 45.6 Å². The van der Waals surface area contributed by atoms with Crippen LogP contribution >= 0.6 is 23.2 Å². The average Bonchev–Trinajstić information content (AvgIpc) is 3.35. The summed E-state index contributed by atoms with van der Waals surface area (Å²) in [6.07, 6.45) is 2.46. The van der Waals surface area contributed by atoms with Gasteiger partial charge in [-0.15, -0.1) is 0 Å². The third-order valence-corrected chi connectivity index (χ3v) is 9.52. The Bertz CT molecular complexity index is 1560. The molecule has 5 rings (SSSR count). The highest BCUT2D eigenvalue weighted by Gasteiger charge is 2.57. The van der Waals surface area contributed by atoms with Crippen molar-refractivity contribution in [3.8, 4) is 5.75 Å². The molecule has 0 radical (unpaired) electrons. The van der Waals surface area contributed by atoms with Crippen molar-refractivity contribution in [2.24, 2.45) is 0 Å². The molecule has 0 aliphatic carbocycles. The van der Waals surface area contributed by atoms with E-state index in [2.05, 4.69) is 10.6 Å². The van der Waals surface area contributed by atoms with Gasteiger partial charge < -0.3 is 20.1 Å². The van der Waals surface area contributed by atoms with E-state index in [0.717, 1.165) is 16.8 Å². The van der Waals surface area contributed by atoms with Gasteiger partial charge in [0.1, 0.15) is 11.6 Å². The van der Waals surface area contributed by atoms with Crippen molar-refractivity contribution in [3.05, 3.63) is 92.7 Å². The molecule has 0 aromatic heterocycles. The maximum Gasteiger partial charge on any atom is 0.350 e. The van der Waals surface area contributed by atoms with Gasteiger partial charge >= 0.3 is 5.97 Å². The summed E-state index contributed by atoms with van der Waals surface area (Å²) in [6, 6.07) is 15.1. The van der Waals surface area contributed by atoms with Gasteiger partial charge in [0.25, 0.3) is 0 Å². The lowest BCUT2D eigenvalue weighted by Gasteiger charge is -2.49. The van der Waals surface area contributed by atoms with Gasteiger partial charge in [-0.05, 0) is 85.8 Å². The number of aryl methyl sites for hydroxylation is 1. The number of esters is 1. The van der Waals surface area contributed by atoms with Crippen LogP contribution in [-0.2, 0) is 19.7 Å². The summed E-state index contributed by atoms with van der Waals surface area (Å²) >= 11 is 13.1. The Morgan fingerprint density at radius 3 is 2.41 bits per heavy atom. The molecule has 3 aromatic rings. The fraction of sp³-hybridized carbons (Fsp3) is 0.429. The molecule has 1 amide bonds. The van der Waals surface area contributed by atoms with Crippen molar-refractivity contribution in [2.45, 2.75) is 82.8 Å². The standard InChI is InChI=1S/C35H39Cl2FN2O4/c1-5-14-34(15-6-2,33(42)43-7-3)44-30-13-10-22(36)16-26(30)28-19-31(41)40-32(25-18-24(38)11-8-21(25)4)35(28)20-39-29-17-23(37)9-12-27(29)35/h8-13,16-18,28,32,39H,5-7,14-15,19-20H2,1-4H3,(H,40,41). The van der Waals surface area contributed by atoms with Gasteiger partial charge in [-0.3, -0.25) is 4.79 Å². The molecule has 0 saturated carbocycles. The highest BCUT2D eigenvalue weighted by atomic mass is 35.5. The lowest BCUT2D eigenvalue weighted by Crippen LogP contribution is -2.55. The maximum atomic E-state index is 14.8. The predicted octanol–water partition coefficient (Wildman–Crippen LogP) is 8.43. The minimum absolute atomic E-state index is 0.124. The third kappa shape index (κ3) is 5.77. The van der Waals surface area contributed by atoms with Crippen LogP contribution in [0, 0.1) is 12.7 Å². The Hall–Kier alpha value is -3.29. The molecule has 3 atom stereocenters. The first-order valence-electron chi connectivity index (χ1n) is 15.3. The van der Waals surface area contributed by atoms with Gasteiger partial charge in [0.15, 0.2) is 0 Å². The molecule has 3 unspecified atom stereocenters. The molecular formula is C35H39Cl2FN2O4. The van der Waals surface area contributed by atoms with Crippen LogP contribution in [0.25, 0.3) is 0 Å². The quantitative estimate of drug-likeness (QED) is 0.218. The van der Waals surface area contributed by atoms with E-state index < -0.39 is 28.9 Å². The van der Waals surface area contributed by atoms with Crippen molar-refractivity contribution in [1.82, 2.24) is 5.32 Å². The molecule has 234 valence electrons. The molecule has 3 aromatic carbocycles. The number of fused-ring (bicyclic) bond motifs is 2. The Morgan fingerprint density at radius 1 is 1.00 bits per heavy atom. The second-order valence-corrected chi connectivity index (χ2v) is 12.7. The van der Waals surface area contributed by atoms with E-state index in [4.69, 9.17) is 32.7 Å². The van der Waals surface area contributed by atoms with Crippen LogP contribution in [0.3, 0.4) is 0 Å². The summed E-state index contributed by atoms with van der Waals surface area (Å²) in [7, 11) is 0. The maximum absolute atomic E-state index is 14.8. The van der Waals surface area contributed by atoms with Crippen molar-refractivity contribution in [1.29, 1.82) is 0 Å². The number of rotatable bonds is 10. The van der Waals surface area contributed by atoms with E-state index in [1.165, 1.54) is 12.1 Å². The van der Waals surface area contributed by atoms with Crippen LogP contribution in [0.5, 0.6) is 5.75 Å². The van der Waals surface area contributed by atoms with Gasteiger partial charge in [0.05, 0.1) is 12.6 Å². The fourth-order valence-corrected chi connectivity index (χ4v) is 7.55. The van der Waals surface area contributed by atoms with Crippen LogP contribution < -0.4 is 15.4 Å². The first kappa shape index (κ1) is 32.1. The summed E-state index contributed by atoms with van der Waals surface area (Å²) in [4.78, 5) is 27.1.